The number of unbranched alkanes of at least 4 members (excludes halogenated alkanes) is 1. The second-order valence-corrected chi connectivity index (χ2v) is 8.07. The van der Waals surface area contributed by atoms with Gasteiger partial charge in [-0.15, -0.1) is 0 Å². The molecule has 0 aliphatic carbocycles. The van der Waals surface area contributed by atoms with Crippen molar-refractivity contribution in [1.29, 1.82) is 0 Å². The lowest BCUT2D eigenvalue weighted by atomic mass is 9.82. The first-order valence-corrected chi connectivity index (χ1v) is 10.5. The van der Waals surface area contributed by atoms with E-state index in [1.807, 2.05) is 23.1 Å². The van der Waals surface area contributed by atoms with E-state index in [1.165, 1.54) is 11.1 Å². The SMILES string of the molecule is NC(CCCCB(O)O)C1CCN(Cc2cccc(Cn3cccn3)c2)CC1. The molecule has 1 aliphatic rings. The lowest BCUT2D eigenvalue weighted by Crippen LogP contribution is -2.40. The molecule has 2 aromatic rings. The predicted octanol–water partition coefficient (Wildman–Crippen LogP) is 2.11. The fraction of sp³-hybridized carbons (Fsp3) is 0.571. The van der Waals surface area contributed by atoms with Crippen LogP contribution in [-0.4, -0.2) is 51.0 Å². The number of aromatic nitrogens is 2. The van der Waals surface area contributed by atoms with Gasteiger partial charge in [-0.1, -0.05) is 37.1 Å². The van der Waals surface area contributed by atoms with Crippen LogP contribution in [0.25, 0.3) is 0 Å². The van der Waals surface area contributed by atoms with Crippen molar-refractivity contribution in [2.45, 2.75) is 57.6 Å². The predicted molar refractivity (Wildman–Crippen MR) is 113 cm³/mol. The Hall–Kier alpha value is -1.67. The van der Waals surface area contributed by atoms with Gasteiger partial charge >= 0.3 is 7.12 Å². The Morgan fingerprint density at radius 2 is 1.86 bits per heavy atom. The summed E-state index contributed by atoms with van der Waals surface area (Å²) in [4.78, 5) is 2.53. The molecule has 28 heavy (non-hydrogen) atoms. The summed E-state index contributed by atoms with van der Waals surface area (Å²) >= 11 is 0. The van der Waals surface area contributed by atoms with Crippen molar-refractivity contribution in [3.63, 3.8) is 0 Å². The third-order valence-corrected chi connectivity index (χ3v) is 5.79. The van der Waals surface area contributed by atoms with Crippen LogP contribution >= 0.6 is 0 Å². The molecule has 1 aromatic heterocycles. The molecule has 1 unspecified atom stereocenters. The molecule has 0 bridgehead atoms. The van der Waals surface area contributed by atoms with Gasteiger partial charge in [0.25, 0.3) is 0 Å². The molecule has 4 N–H and O–H groups in total. The van der Waals surface area contributed by atoms with E-state index < -0.39 is 7.12 Å². The van der Waals surface area contributed by atoms with Gasteiger partial charge in [0.15, 0.2) is 0 Å². The molecule has 6 nitrogen and oxygen atoms in total. The molecule has 0 saturated carbocycles. The van der Waals surface area contributed by atoms with Gasteiger partial charge in [-0.05, 0) is 61.8 Å². The van der Waals surface area contributed by atoms with Gasteiger partial charge in [0, 0.05) is 25.0 Å². The highest BCUT2D eigenvalue weighted by atomic mass is 16.4. The zero-order chi connectivity index (χ0) is 19.8. The fourth-order valence-electron chi connectivity index (χ4n) is 4.15. The monoisotopic (exact) mass is 384 g/mol. The van der Waals surface area contributed by atoms with Gasteiger partial charge in [0.05, 0.1) is 6.54 Å². The van der Waals surface area contributed by atoms with E-state index in [2.05, 4.69) is 34.3 Å². The summed E-state index contributed by atoms with van der Waals surface area (Å²) in [5, 5.41) is 22.1. The van der Waals surface area contributed by atoms with Crippen molar-refractivity contribution in [3.8, 4) is 0 Å². The van der Waals surface area contributed by atoms with Crippen LogP contribution in [0.1, 0.15) is 43.2 Å². The molecule has 1 atom stereocenters. The van der Waals surface area contributed by atoms with E-state index in [0.717, 1.165) is 58.3 Å². The molecule has 7 heteroatoms. The van der Waals surface area contributed by atoms with Crippen LogP contribution in [0.4, 0.5) is 0 Å². The molecule has 1 fully saturated rings. The van der Waals surface area contributed by atoms with Crippen LogP contribution in [0.15, 0.2) is 42.7 Å². The molecule has 152 valence electrons. The molecule has 1 aromatic carbocycles. The Morgan fingerprint density at radius 3 is 2.54 bits per heavy atom. The number of piperidine rings is 1. The number of benzene rings is 1. The number of nitrogens with zero attached hydrogens (tertiary/aromatic N) is 3. The average molecular weight is 384 g/mol. The van der Waals surface area contributed by atoms with Crippen LogP contribution < -0.4 is 5.73 Å². The van der Waals surface area contributed by atoms with Crippen LogP contribution in [-0.2, 0) is 13.1 Å². The normalized spacial score (nSPS) is 17.0. The van der Waals surface area contributed by atoms with Crippen LogP contribution in [0.2, 0.25) is 6.32 Å². The first-order valence-electron chi connectivity index (χ1n) is 10.5. The second-order valence-electron chi connectivity index (χ2n) is 8.07. The summed E-state index contributed by atoms with van der Waals surface area (Å²) < 4.78 is 1.95. The first-order chi connectivity index (χ1) is 13.6. The van der Waals surface area contributed by atoms with Gasteiger partial charge in [0.2, 0.25) is 0 Å². The maximum Gasteiger partial charge on any atom is 0.451 e. The zero-order valence-electron chi connectivity index (χ0n) is 16.7. The quantitative estimate of drug-likeness (QED) is 0.431. The standard InChI is InChI=1S/C21H33BN4O2/c23-21(7-1-2-10-22(27)28)20-8-13-25(14-9-20)16-18-5-3-6-19(15-18)17-26-12-4-11-24-26/h3-6,11-12,15,20-21,27-28H,1-2,7-10,13-14,16-17,23H2. The smallest absolute Gasteiger partial charge is 0.427 e. The van der Waals surface area contributed by atoms with Crippen molar-refractivity contribution in [1.82, 2.24) is 14.7 Å². The minimum atomic E-state index is -1.18. The number of hydrogen-bond donors (Lipinski definition) is 3. The van der Waals surface area contributed by atoms with Crippen LogP contribution in [0, 0.1) is 5.92 Å². The topological polar surface area (TPSA) is 87.5 Å². The van der Waals surface area contributed by atoms with Crippen molar-refractivity contribution in [3.05, 3.63) is 53.9 Å². The van der Waals surface area contributed by atoms with E-state index in [9.17, 15) is 0 Å². The Balaban J connectivity index is 1.40. The Kier molecular flexibility index (Phi) is 8.09. The Morgan fingerprint density at radius 1 is 1.11 bits per heavy atom. The largest absolute Gasteiger partial charge is 0.451 e. The van der Waals surface area contributed by atoms with Crippen molar-refractivity contribution < 1.29 is 10.0 Å². The van der Waals surface area contributed by atoms with E-state index in [4.69, 9.17) is 15.8 Å². The van der Waals surface area contributed by atoms with E-state index >= 15 is 0 Å². The summed E-state index contributed by atoms with van der Waals surface area (Å²) in [5.41, 5.74) is 9.04. The highest BCUT2D eigenvalue weighted by Crippen LogP contribution is 2.24. The first kappa shape index (κ1) is 21.1. The molecule has 3 rings (SSSR count). The molecule has 0 amide bonds. The molecule has 1 saturated heterocycles. The number of hydrogen-bond acceptors (Lipinski definition) is 5. The summed E-state index contributed by atoms with van der Waals surface area (Å²) in [6.07, 6.45) is 9.34. The summed E-state index contributed by atoms with van der Waals surface area (Å²) in [6, 6.07) is 11.0. The van der Waals surface area contributed by atoms with Crippen LogP contribution in [0.5, 0.6) is 0 Å². The lowest BCUT2D eigenvalue weighted by molar-refractivity contribution is 0.159. The molecule has 0 spiro atoms. The van der Waals surface area contributed by atoms with E-state index in [-0.39, 0.29) is 6.04 Å². The molecular formula is C21H33BN4O2. The van der Waals surface area contributed by atoms with Gasteiger partial charge in [0.1, 0.15) is 0 Å². The average Bonchev–Trinajstić information content (AvgIpc) is 3.19. The molecule has 0 radical (unpaired) electrons. The number of likely N-dealkylation sites (tertiary alicyclic amines) is 1. The minimum absolute atomic E-state index is 0.232. The summed E-state index contributed by atoms with van der Waals surface area (Å²) in [5.74, 6) is 0.585. The van der Waals surface area contributed by atoms with Crippen molar-refractivity contribution in [2.24, 2.45) is 11.7 Å². The van der Waals surface area contributed by atoms with Gasteiger partial charge in [-0.3, -0.25) is 9.58 Å². The molecular weight excluding hydrogens is 351 g/mol. The fourth-order valence-corrected chi connectivity index (χ4v) is 4.15. The van der Waals surface area contributed by atoms with E-state index in [0.29, 0.717) is 12.2 Å². The molecule has 2 heterocycles. The number of nitrogens with two attached hydrogens (primary N) is 1. The van der Waals surface area contributed by atoms with Crippen LogP contribution in [0.3, 0.4) is 0 Å². The van der Waals surface area contributed by atoms with Crippen molar-refractivity contribution >= 4 is 7.12 Å². The molecule has 1 aliphatic heterocycles. The highest BCUT2D eigenvalue weighted by molar-refractivity contribution is 6.40. The van der Waals surface area contributed by atoms with Crippen molar-refractivity contribution in [2.75, 3.05) is 13.1 Å². The summed E-state index contributed by atoms with van der Waals surface area (Å²) in [7, 11) is -1.18. The summed E-state index contributed by atoms with van der Waals surface area (Å²) in [6.45, 7) is 3.99. The highest BCUT2D eigenvalue weighted by Gasteiger charge is 2.24. The van der Waals surface area contributed by atoms with Gasteiger partial charge < -0.3 is 15.8 Å². The van der Waals surface area contributed by atoms with Gasteiger partial charge in [-0.25, -0.2) is 0 Å². The lowest BCUT2D eigenvalue weighted by Gasteiger charge is -2.35. The zero-order valence-corrected chi connectivity index (χ0v) is 16.7. The third-order valence-electron chi connectivity index (χ3n) is 5.79. The number of rotatable bonds is 10. The second kappa shape index (κ2) is 10.8. The van der Waals surface area contributed by atoms with Gasteiger partial charge in [-0.2, -0.15) is 5.10 Å². The Labute approximate surface area is 168 Å². The van der Waals surface area contributed by atoms with E-state index in [1.54, 1.807) is 0 Å². The Bertz CT molecular complexity index is 687. The maximum atomic E-state index is 8.91. The minimum Gasteiger partial charge on any atom is -0.427 e. The third kappa shape index (κ3) is 6.74. The maximum absolute atomic E-state index is 8.91.